The van der Waals surface area contributed by atoms with Crippen LogP contribution in [0.25, 0.3) is 0 Å². The van der Waals surface area contributed by atoms with Crippen LogP contribution in [0.2, 0.25) is 0 Å². The maximum absolute atomic E-state index is 5.33. The first kappa shape index (κ1) is 14.2. The van der Waals surface area contributed by atoms with E-state index in [0.29, 0.717) is 6.67 Å². The van der Waals surface area contributed by atoms with Crippen molar-refractivity contribution in [1.29, 1.82) is 0 Å². The summed E-state index contributed by atoms with van der Waals surface area (Å²) >= 11 is 0. The highest BCUT2D eigenvalue weighted by Gasteiger charge is 2.15. The van der Waals surface area contributed by atoms with Crippen LogP contribution < -0.4 is 11.3 Å². The van der Waals surface area contributed by atoms with Crippen LogP contribution in [-0.2, 0) is 12.0 Å². The molecule has 0 spiro atoms. The molecule has 0 saturated heterocycles. The van der Waals surface area contributed by atoms with Gasteiger partial charge in [-0.15, -0.1) is 0 Å². The second-order valence-electron chi connectivity index (χ2n) is 5.77. The fraction of sp³-hybridized carbons (Fsp3) is 0.571. The van der Waals surface area contributed by atoms with Crippen molar-refractivity contribution in [1.82, 2.24) is 10.3 Å². The number of nitrogens with one attached hydrogen (secondary N) is 1. The Morgan fingerprint density at radius 1 is 1.29 bits per heavy atom. The summed E-state index contributed by atoms with van der Waals surface area (Å²) in [7, 11) is 2.06. The maximum atomic E-state index is 5.33. The Kier molecular flexibility index (Phi) is 4.69. The van der Waals surface area contributed by atoms with E-state index in [1.54, 1.807) is 0 Å². The van der Waals surface area contributed by atoms with E-state index < -0.39 is 0 Å². The number of hydrogen-bond donors (Lipinski definition) is 2. The summed E-state index contributed by atoms with van der Waals surface area (Å²) in [6.45, 7) is 10.5. The molecule has 1 aromatic rings. The number of hydrazine groups is 1. The minimum absolute atomic E-state index is 0.202. The van der Waals surface area contributed by atoms with E-state index >= 15 is 0 Å². The molecule has 0 aliphatic carbocycles. The summed E-state index contributed by atoms with van der Waals surface area (Å²) in [5.41, 5.74) is 6.97. The zero-order chi connectivity index (χ0) is 13.1. The fourth-order valence-corrected chi connectivity index (χ4v) is 1.81. The van der Waals surface area contributed by atoms with Crippen molar-refractivity contribution < 1.29 is 0 Å². The van der Waals surface area contributed by atoms with Crippen LogP contribution in [0.5, 0.6) is 0 Å². The van der Waals surface area contributed by atoms with Crippen LogP contribution in [0.3, 0.4) is 0 Å². The molecule has 1 rings (SSSR count). The van der Waals surface area contributed by atoms with Gasteiger partial charge < -0.3 is 0 Å². The molecule has 0 saturated carbocycles. The molecular formula is C14H25N3. The average molecular weight is 235 g/mol. The highest BCUT2D eigenvalue weighted by atomic mass is 15.3. The Balaban J connectivity index is 2.91. The highest BCUT2D eigenvalue weighted by molar-refractivity contribution is 5.34. The lowest BCUT2D eigenvalue weighted by atomic mass is 9.85. The van der Waals surface area contributed by atoms with Crippen molar-refractivity contribution >= 4 is 0 Å². The van der Waals surface area contributed by atoms with Gasteiger partial charge in [0.15, 0.2) is 0 Å². The minimum Gasteiger partial charge on any atom is -0.288 e. The predicted molar refractivity (Wildman–Crippen MR) is 73.5 cm³/mol. The van der Waals surface area contributed by atoms with E-state index in [0.717, 1.165) is 6.54 Å². The van der Waals surface area contributed by atoms with E-state index in [1.807, 2.05) is 0 Å². The Morgan fingerprint density at radius 2 is 1.94 bits per heavy atom. The Labute approximate surface area is 105 Å². The second-order valence-corrected chi connectivity index (χ2v) is 5.77. The zero-order valence-electron chi connectivity index (χ0n) is 11.7. The quantitative estimate of drug-likeness (QED) is 0.477. The van der Waals surface area contributed by atoms with Gasteiger partial charge in [-0.25, -0.2) is 5.43 Å². The van der Waals surface area contributed by atoms with Gasteiger partial charge in [0.05, 0.1) is 6.67 Å². The molecule has 0 aliphatic heterocycles. The van der Waals surface area contributed by atoms with E-state index in [2.05, 4.69) is 63.3 Å². The molecule has 0 fully saturated rings. The first-order valence-electron chi connectivity index (χ1n) is 6.06. The third-order valence-electron chi connectivity index (χ3n) is 3.02. The number of benzene rings is 1. The number of nitrogens with two attached hydrogens (primary N) is 1. The van der Waals surface area contributed by atoms with Crippen LogP contribution in [-0.4, -0.2) is 18.6 Å². The third-order valence-corrected chi connectivity index (χ3v) is 3.02. The van der Waals surface area contributed by atoms with E-state index in [1.165, 1.54) is 16.7 Å². The SMILES string of the molecule is Cc1ccc(C(C)(C)C)cc1CN(C)CNN. The Bertz CT molecular complexity index is 366. The van der Waals surface area contributed by atoms with Gasteiger partial charge in [-0.2, -0.15) is 0 Å². The van der Waals surface area contributed by atoms with Gasteiger partial charge in [0.1, 0.15) is 0 Å². The summed E-state index contributed by atoms with van der Waals surface area (Å²) in [5, 5.41) is 0. The molecule has 0 aromatic heterocycles. The molecular weight excluding hydrogens is 210 g/mol. The van der Waals surface area contributed by atoms with E-state index in [9.17, 15) is 0 Å². The normalized spacial score (nSPS) is 12.2. The molecule has 1 aromatic carbocycles. The van der Waals surface area contributed by atoms with Crippen molar-refractivity contribution in [3.63, 3.8) is 0 Å². The van der Waals surface area contributed by atoms with Crippen molar-refractivity contribution in [2.24, 2.45) is 5.84 Å². The smallest absolute Gasteiger partial charge is 0.0612 e. The molecule has 3 heteroatoms. The summed E-state index contributed by atoms with van der Waals surface area (Å²) in [6.07, 6.45) is 0. The van der Waals surface area contributed by atoms with Gasteiger partial charge in [0.2, 0.25) is 0 Å². The lowest BCUT2D eigenvalue weighted by Gasteiger charge is -2.23. The van der Waals surface area contributed by atoms with E-state index in [4.69, 9.17) is 5.84 Å². The predicted octanol–water partition coefficient (Wildman–Crippen LogP) is 2.15. The monoisotopic (exact) mass is 235 g/mol. The molecule has 3 N–H and O–H groups in total. The van der Waals surface area contributed by atoms with Crippen LogP contribution in [0.15, 0.2) is 18.2 Å². The summed E-state index contributed by atoms with van der Waals surface area (Å²) in [6, 6.07) is 6.74. The number of rotatable bonds is 4. The fourth-order valence-electron chi connectivity index (χ4n) is 1.81. The standard InChI is InChI=1S/C14H25N3/c1-11-6-7-13(14(2,3)4)8-12(11)9-17(5)10-16-15/h6-8,16H,9-10,15H2,1-5H3. The first-order valence-corrected chi connectivity index (χ1v) is 6.06. The maximum Gasteiger partial charge on any atom is 0.0612 e. The largest absolute Gasteiger partial charge is 0.288 e. The topological polar surface area (TPSA) is 41.3 Å². The van der Waals surface area contributed by atoms with Crippen LogP contribution in [0.4, 0.5) is 0 Å². The van der Waals surface area contributed by atoms with Gasteiger partial charge in [0, 0.05) is 6.54 Å². The molecule has 0 heterocycles. The van der Waals surface area contributed by atoms with Gasteiger partial charge in [0.25, 0.3) is 0 Å². The highest BCUT2D eigenvalue weighted by Crippen LogP contribution is 2.24. The van der Waals surface area contributed by atoms with Gasteiger partial charge in [-0.1, -0.05) is 39.0 Å². The molecule has 96 valence electrons. The Hall–Kier alpha value is -0.900. The molecule has 0 radical (unpaired) electrons. The van der Waals surface area contributed by atoms with Crippen molar-refractivity contribution in [3.8, 4) is 0 Å². The Morgan fingerprint density at radius 3 is 2.47 bits per heavy atom. The molecule has 0 bridgehead atoms. The molecule has 17 heavy (non-hydrogen) atoms. The number of hydrogen-bond acceptors (Lipinski definition) is 3. The minimum atomic E-state index is 0.202. The van der Waals surface area contributed by atoms with Crippen LogP contribution in [0, 0.1) is 6.92 Å². The number of nitrogens with zero attached hydrogens (tertiary/aromatic N) is 1. The first-order chi connectivity index (χ1) is 7.84. The third kappa shape index (κ3) is 4.11. The molecule has 0 amide bonds. The number of aryl methyl sites for hydroxylation is 1. The second kappa shape index (κ2) is 5.63. The van der Waals surface area contributed by atoms with Gasteiger partial charge >= 0.3 is 0 Å². The molecule has 3 nitrogen and oxygen atoms in total. The average Bonchev–Trinajstić information content (AvgIpc) is 2.20. The summed E-state index contributed by atoms with van der Waals surface area (Å²) in [4.78, 5) is 2.16. The van der Waals surface area contributed by atoms with Crippen molar-refractivity contribution in [2.45, 2.75) is 39.7 Å². The zero-order valence-corrected chi connectivity index (χ0v) is 11.7. The molecule has 0 aliphatic rings. The van der Waals surface area contributed by atoms with Crippen molar-refractivity contribution in [3.05, 3.63) is 34.9 Å². The summed E-state index contributed by atoms with van der Waals surface area (Å²) in [5.74, 6) is 5.33. The van der Waals surface area contributed by atoms with E-state index in [-0.39, 0.29) is 5.41 Å². The lowest BCUT2D eigenvalue weighted by molar-refractivity contribution is 0.301. The van der Waals surface area contributed by atoms with Gasteiger partial charge in [-0.3, -0.25) is 10.7 Å². The summed E-state index contributed by atoms with van der Waals surface area (Å²) < 4.78 is 0. The molecule has 0 unspecified atom stereocenters. The van der Waals surface area contributed by atoms with Gasteiger partial charge in [-0.05, 0) is 36.1 Å². The molecule has 0 atom stereocenters. The van der Waals surface area contributed by atoms with Crippen molar-refractivity contribution in [2.75, 3.05) is 13.7 Å². The lowest BCUT2D eigenvalue weighted by Crippen LogP contribution is -2.35. The van der Waals surface area contributed by atoms with Crippen LogP contribution >= 0.6 is 0 Å². The van der Waals surface area contributed by atoms with Crippen LogP contribution in [0.1, 0.15) is 37.5 Å².